The monoisotopic (exact) mass is 943 g/mol. The summed E-state index contributed by atoms with van der Waals surface area (Å²) < 4.78 is 7.04. The summed E-state index contributed by atoms with van der Waals surface area (Å²) >= 11 is 0. The SMILES string of the molecule is c1ccc(-c2ccc(-c3ccc4c(c3)N(c3c(-c5ccc(-c6ccccc6)cc5)cc(-c5ccccc5)cc3-c3ccc(-c5ccccc5)cc3)c3cc(-c5ccc(-c6ccccc6)cc5)ccc3O4)cc2)cc1. The summed E-state index contributed by atoms with van der Waals surface area (Å²) in [7, 11) is 0. The first-order valence-corrected chi connectivity index (χ1v) is 25.3. The van der Waals surface area contributed by atoms with E-state index in [1.165, 1.54) is 44.5 Å². The number of ether oxygens (including phenoxy) is 1. The van der Waals surface area contributed by atoms with Crippen LogP contribution in [0.25, 0.3) is 100 Å². The van der Waals surface area contributed by atoms with Crippen molar-refractivity contribution in [2.24, 2.45) is 0 Å². The second-order valence-corrected chi connectivity index (χ2v) is 18.9. The molecule has 2 nitrogen and oxygen atoms in total. The Kier molecular flexibility index (Phi) is 11.6. The first kappa shape index (κ1) is 44.2. The van der Waals surface area contributed by atoms with E-state index in [0.29, 0.717) is 0 Å². The molecule has 0 spiro atoms. The fraction of sp³-hybridized carbons (Fsp3) is 0. The Bertz CT molecular complexity index is 3660. The van der Waals surface area contributed by atoms with E-state index in [4.69, 9.17) is 4.74 Å². The van der Waals surface area contributed by atoms with E-state index in [1.807, 2.05) is 0 Å². The van der Waals surface area contributed by atoms with Gasteiger partial charge in [-0.3, -0.25) is 0 Å². The molecule has 74 heavy (non-hydrogen) atoms. The van der Waals surface area contributed by atoms with Crippen molar-refractivity contribution in [3.8, 4) is 112 Å². The molecule has 12 aromatic rings. The van der Waals surface area contributed by atoms with Crippen LogP contribution in [0.3, 0.4) is 0 Å². The Morgan fingerprint density at radius 2 is 0.419 bits per heavy atom. The van der Waals surface area contributed by atoms with Crippen molar-refractivity contribution in [1.82, 2.24) is 0 Å². The molecule has 2 heteroatoms. The molecule has 348 valence electrons. The van der Waals surface area contributed by atoms with Gasteiger partial charge in [-0.15, -0.1) is 0 Å². The molecular formula is C72H49NO. The molecule has 0 unspecified atom stereocenters. The molecule has 0 atom stereocenters. The number of hydrogen-bond donors (Lipinski definition) is 0. The zero-order valence-corrected chi connectivity index (χ0v) is 40.6. The Morgan fingerprint density at radius 3 is 0.716 bits per heavy atom. The van der Waals surface area contributed by atoms with Gasteiger partial charge in [-0.05, 0) is 125 Å². The van der Waals surface area contributed by atoms with Crippen molar-refractivity contribution >= 4 is 17.1 Å². The van der Waals surface area contributed by atoms with Crippen LogP contribution >= 0.6 is 0 Å². The minimum Gasteiger partial charge on any atom is -0.453 e. The van der Waals surface area contributed by atoms with E-state index in [-0.39, 0.29) is 0 Å². The average molecular weight is 944 g/mol. The molecule has 1 aliphatic heterocycles. The quantitative estimate of drug-likeness (QED) is 0.135. The molecule has 1 aliphatic rings. The standard InChI is InChI=1S/C72H49NO/c1-6-16-50(17-7-1)55-26-30-59(31-27-55)63-42-44-70-68(48-63)73(69-49-64(43-45-71(69)74-70)60-32-28-56(29-33-60)51-18-8-2-9-19-51)72-66(61-38-34-57(35-39-61)52-20-10-3-11-21-52)46-65(54-24-14-5-15-25-54)47-67(72)62-40-36-58(37-41-62)53-22-12-4-13-23-53/h1-49H. The third-order valence-electron chi connectivity index (χ3n) is 14.3. The lowest BCUT2D eigenvalue weighted by molar-refractivity contribution is 0.477. The third-order valence-corrected chi connectivity index (χ3v) is 14.3. The molecule has 0 saturated heterocycles. The molecule has 0 aliphatic carbocycles. The van der Waals surface area contributed by atoms with Gasteiger partial charge in [0.2, 0.25) is 0 Å². The lowest BCUT2D eigenvalue weighted by Gasteiger charge is -2.36. The highest BCUT2D eigenvalue weighted by molar-refractivity contribution is 6.04. The second-order valence-electron chi connectivity index (χ2n) is 18.9. The highest BCUT2D eigenvalue weighted by Crippen LogP contribution is 2.57. The first-order chi connectivity index (χ1) is 36.7. The van der Waals surface area contributed by atoms with E-state index in [2.05, 4.69) is 302 Å². The molecule has 0 radical (unpaired) electrons. The predicted octanol–water partition coefficient (Wildman–Crippen LogP) is 20.3. The second kappa shape index (κ2) is 19.4. The minimum absolute atomic E-state index is 0.782. The molecular weight excluding hydrogens is 895 g/mol. The zero-order valence-electron chi connectivity index (χ0n) is 40.6. The van der Waals surface area contributed by atoms with Crippen molar-refractivity contribution < 1.29 is 4.74 Å². The lowest BCUT2D eigenvalue weighted by atomic mass is 9.88. The number of nitrogens with zero attached hydrogens (tertiary/aromatic N) is 1. The van der Waals surface area contributed by atoms with Crippen molar-refractivity contribution in [3.05, 3.63) is 297 Å². The minimum atomic E-state index is 0.782. The maximum absolute atomic E-state index is 7.04. The van der Waals surface area contributed by atoms with Gasteiger partial charge in [-0.1, -0.05) is 261 Å². The smallest absolute Gasteiger partial charge is 0.151 e. The molecule has 0 aromatic heterocycles. The normalized spacial score (nSPS) is 11.6. The van der Waals surface area contributed by atoms with Crippen molar-refractivity contribution in [3.63, 3.8) is 0 Å². The topological polar surface area (TPSA) is 12.5 Å². The van der Waals surface area contributed by atoms with Crippen LogP contribution in [0.4, 0.5) is 17.1 Å². The van der Waals surface area contributed by atoms with Crippen LogP contribution in [0.2, 0.25) is 0 Å². The number of anilines is 3. The molecule has 0 amide bonds. The van der Waals surface area contributed by atoms with Gasteiger partial charge in [0.05, 0.1) is 17.1 Å². The van der Waals surface area contributed by atoms with Crippen molar-refractivity contribution in [2.75, 3.05) is 4.90 Å². The Balaban J connectivity index is 1.06. The molecule has 0 saturated carbocycles. The summed E-state index contributed by atoms with van der Waals surface area (Å²) in [5, 5.41) is 0. The van der Waals surface area contributed by atoms with Crippen molar-refractivity contribution in [2.45, 2.75) is 0 Å². The fourth-order valence-corrected chi connectivity index (χ4v) is 10.4. The summed E-state index contributed by atoms with van der Waals surface area (Å²) in [6.07, 6.45) is 0. The van der Waals surface area contributed by atoms with E-state index in [0.717, 1.165) is 84.2 Å². The van der Waals surface area contributed by atoms with Crippen LogP contribution in [-0.2, 0) is 0 Å². The van der Waals surface area contributed by atoms with E-state index < -0.39 is 0 Å². The number of rotatable bonds is 10. The molecule has 0 fully saturated rings. The maximum atomic E-state index is 7.04. The number of hydrogen-bond acceptors (Lipinski definition) is 2. The molecule has 13 rings (SSSR count). The van der Waals surface area contributed by atoms with Gasteiger partial charge >= 0.3 is 0 Å². The summed E-state index contributed by atoms with van der Waals surface area (Å²) in [5.74, 6) is 1.56. The van der Waals surface area contributed by atoms with Gasteiger partial charge in [0.25, 0.3) is 0 Å². The summed E-state index contributed by atoms with van der Waals surface area (Å²) in [4.78, 5) is 2.48. The first-order valence-electron chi connectivity index (χ1n) is 25.3. The van der Waals surface area contributed by atoms with Gasteiger partial charge in [-0.2, -0.15) is 0 Å². The molecule has 1 heterocycles. The third kappa shape index (κ3) is 8.65. The zero-order chi connectivity index (χ0) is 49.2. The highest BCUT2D eigenvalue weighted by atomic mass is 16.5. The summed E-state index contributed by atoms with van der Waals surface area (Å²) in [6, 6.07) is 107. The highest BCUT2D eigenvalue weighted by Gasteiger charge is 2.32. The van der Waals surface area contributed by atoms with Crippen LogP contribution < -0.4 is 9.64 Å². The van der Waals surface area contributed by atoms with Crippen molar-refractivity contribution in [1.29, 1.82) is 0 Å². The Hall–Kier alpha value is -9.76. The van der Waals surface area contributed by atoms with Gasteiger partial charge in [0.1, 0.15) is 0 Å². The lowest BCUT2D eigenvalue weighted by Crippen LogP contribution is -2.18. The van der Waals surface area contributed by atoms with E-state index in [9.17, 15) is 0 Å². The maximum Gasteiger partial charge on any atom is 0.151 e. The molecule has 0 bridgehead atoms. The Labute approximate surface area is 433 Å². The fourth-order valence-electron chi connectivity index (χ4n) is 10.4. The summed E-state index contributed by atoms with van der Waals surface area (Å²) in [5.41, 5.74) is 23.5. The number of fused-ring (bicyclic) bond motifs is 2. The van der Waals surface area contributed by atoms with Gasteiger partial charge in [0, 0.05) is 11.1 Å². The van der Waals surface area contributed by atoms with Gasteiger partial charge in [-0.25, -0.2) is 0 Å². The number of benzene rings is 12. The van der Waals surface area contributed by atoms with Crippen LogP contribution in [0, 0.1) is 0 Å². The average Bonchev–Trinajstić information content (AvgIpc) is 3.49. The molecule has 12 aromatic carbocycles. The van der Waals surface area contributed by atoms with Gasteiger partial charge in [0.15, 0.2) is 11.5 Å². The van der Waals surface area contributed by atoms with E-state index >= 15 is 0 Å². The van der Waals surface area contributed by atoms with Crippen LogP contribution in [0.5, 0.6) is 11.5 Å². The summed E-state index contributed by atoms with van der Waals surface area (Å²) in [6.45, 7) is 0. The van der Waals surface area contributed by atoms with Crippen LogP contribution in [-0.4, -0.2) is 0 Å². The predicted molar refractivity (Wildman–Crippen MR) is 310 cm³/mol. The largest absolute Gasteiger partial charge is 0.453 e. The Morgan fingerprint density at radius 1 is 0.189 bits per heavy atom. The van der Waals surface area contributed by atoms with Crippen LogP contribution in [0.1, 0.15) is 0 Å². The van der Waals surface area contributed by atoms with E-state index in [1.54, 1.807) is 0 Å². The van der Waals surface area contributed by atoms with Gasteiger partial charge < -0.3 is 9.64 Å². The molecule has 0 N–H and O–H groups in total. The van der Waals surface area contributed by atoms with Crippen LogP contribution in [0.15, 0.2) is 297 Å².